The van der Waals surface area contributed by atoms with Gasteiger partial charge in [-0.1, -0.05) is 149 Å². The van der Waals surface area contributed by atoms with Crippen molar-refractivity contribution in [1.29, 1.82) is 0 Å². The first-order valence-electron chi connectivity index (χ1n) is 39.4. The van der Waals surface area contributed by atoms with Gasteiger partial charge in [-0.05, 0) is 332 Å². The summed E-state index contributed by atoms with van der Waals surface area (Å²) >= 11 is 9.59. The molecule has 2 saturated carbocycles. The number of ether oxygens (including phenoxy) is 3. The third-order valence-electron chi connectivity index (χ3n) is 19.9. The number of halogens is 3. The summed E-state index contributed by atoms with van der Waals surface area (Å²) in [7, 11) is 0. The Morgan fingerprint density at radius 2 is 0.888 bits per heavy atom. The summed E-state index contributed by atoms with van der Waals surface area (Å²) in [4.78, 5) is 88.2. The van der Waals surface area contributed by atoms with E-state index in [1.165, 1.54) is 89.7 Å². The van der Waals surface area contributed by atoms with Crippen LogP contribution in [0.15, 0.2) is 218 Å². The van der Waals surface area contributed by atoms with Gasteiger partial charge >= 0.3 is 18.3 Å². The summed E-state index contributed by atoms with van der Waals surface area (Å²) in [5.41, 5.74) is 23.9. The van der Waals surface area contributed by atoms with E-state index in [4.69, 9.17) is 42.1 Å². The molecule has 21 heteroatoms. The van der Waals surface area contributed by atoms with Crippen molar-refractivity contribution in [2.24, 2.45) is 5.41 Å². The fourth-order valence-corrected chi connectivity index (χ4v) is 15.2. The Bertz CT molecular complexity index is 4670. The zero-order valence-corrected chi connectivity index (χ0v) is 73.2. The quantitative estimate of drug-likeness (QED) is 0.0251. The number of carbonyl (C=O) groups excluding carboxylic acids is 7. The number of benzene rings is 9. The summed E-state index contributed by atoms with van der Waals surface area (Å²) in [6.07, 6.45) is 16.3. The Labute approximate surface area is 719 Å². The van der Waals surface area contributed by atoms with Crippen LogP contribution in [0.4, 0.5) is 54.2 Å². The van der Waals surface area contributed by atoms with E-state index in [0.29, 0.717) is 62.8 Å². The molecule has 7 N–H and O–H groups in total. The first kappa shape index (κ1) is 93.4. The van der Waals surface area contributed by atoms with E-state index in [9.17, 15) is 28.8 Å². The predicted octanol–water partition coefficient (Wildman–Crippen LogP) is 24.8. The minimum absolute atomic E-state index is 0. The number of nitrogens with zero attached hydrogens (tertiary/aromatic N) is 3. The highest BCUT2D eigenvalue weighted by Gasteiger charge is 2.45. The molecule has 2 spiro atoms. The molecule has 18 nitrogen and oxygen atoms in total. The van der Waals surface area contributed by atoms with Gasteiger partial charge in [-0.15, -0.1) is 0 Å². The van der Waals surface area contributed by atoms with Crippen molar-refractivity contribution in [2.75, 3.05) is 63.4 Å². The Morgan fingerprint density at radius 3 is 1.35 bits per heavy atom. The molecule has 0 radical (unpaired) electrons. The van der Waals surface area contributed by atoms with Crippen LogP contribution < -0.4 is 37.2 Å². The van der Waals surface area contributed by atoms with E-state index in [1.807, 2.05) is 262 Å². The normalized spacial score (nSPS) is 14.3. The average molecular weight is 1820 g/mol. The molecule has 0 aromatic heterocycles. The summed E-state index contributed by atoms with van der Waals surface area (Å²) in [5, 5.41) is 8.06. The van der Waals surface area contributed by atoms with E-state index in [0.717, 1.165) is 72.9 Å². The van der Waals surface area contributed by atoms with Crippen LogP contribution in [-0.4, -0.2) is 95.0 Å². The van der Waals surface area contributed by atoms with Gasteiger partial charge in [0, 0.05) is 61.2 Å². The Morgan fingerprint density at radius 1 is 0.466 bits per heavy atom. The molecule has 616 valence electrons. The smallest absolute Gasteiger partial charge is 0.412 e. The lowest BCUT2D eigenvalue weighted by Gasteiger charge is -2.41. The van der Waals surface area contributed by atoms with Crippen LogP contribution >= 0.6 is 56.8 Å². The highest BCUT2D eigenvalue weighted by molar-refractivity contribution is 14.1. The molecule has 2 aliphatic carbocycles. The molecule has 9 aromatic rings. The average Bonchev–Trinajstić information content (AvgIpc) is 1.73. The topological polar surface area (TPSA) is 245 Å². The molecule has 0 bridgehead atoms. The van der Waals surface area contributed by atoms with E-state index >= 15 is 0 Å². The lowest BCUT2D eigenvalue weighted by molar-refractivity contribution is -0.106. The number of nitrogens with one attached hydrogen (secondary N) is 3. The van der Waals surface area contributed by atoms with Crippen molar-refractivity contribution in [3.8, 4) is 33.4 Å². The van der Waals surface area contributed by atoms with Crippen LogP contribution in [0.3, 0.4) is 0 Å². The fourth-order valence-electron chi connectivity index (χ4n) is 14.4. The molecule has 4 fully saturated rings. The highest BCUT2D eigenvalue weighted by atomic mass is 127. The second kappa shape index (κ2) is 44.0. The minimum atomic E-state index is -0.629. The molecular weight excluding hydrogens is 1700 g/mol. The third-order valence-corrected chi connectivity index (χ3v) is 21.6. The number of amides is 5. The maximum Gasteiger partial charge on any atom is 0.412 e. The van der Waals surface area contributed by atoms with Crippen molar-refractivity contribution in [2.45, 2.75) is 189 Å². The lowest BCUT2D eigenvalue weighted by atomic mass is 9.77. The second-order valence-corrected chi connectivity index (χ2v) is 34.8. The SMILES string of the molecule is C.CC(C)(C)OC(=O)N1CCCC12CCCCC2.CC(C)(C)OC(=O)Nc1ccc(-c2ccccc2)cc1N.CC=O.CCN(C(=O)c1ccc(I)cc1)c1cc(-c2ccccc2)ccc1NC(=O)OC(C)(C)C.Nc1ccc(-c2ccccc2)cc1NC(=O)c1ccc(N2CCC3(CCCC3)CC2)cc1.O=C(Cl)c1ccc(I)cc1. The Balaban J connectivity index is 0.000000207. The van der Waals surface area contributed by atoms with Gasteiger partial charge in [0.1, 0.15) is 23.1 Å². The number of likely N-dealkylation sites (tertiary alicyclic amines) is 1. The van der Waals surface area contributed by atoms with E-state index in [1.54, 1.807) is 23.1 Å². The van der Waals surface area contributed by atoms with E-state index in [2.05, 4.69) is 78.2 Å². The second-order valence-electron chi connectivity index (χ2n) is 32.0. The maximum absolute atomic E-state index is 13.4. The largest absolute Gasteiger partial charge is 0.444 e. The van der Waals surface area contributed by atoms with Crippen LogP contribution in [0.25, 0.3) is 33.4 Å². The van der Waals surface area contributed by atoms with Crippen LogP contribution in [0.1, 0.15) is 198 Å². The Hall–Kier alpha value is -9.78. The van der Waals surface area contributed by atoms with Crippen molar-refractivity contribution in [3.63, 3.8) is 0 Å². The number of rotatable bonds is 12. The van der Waals surface area contributed by atoms with E-state index < -0.39 is 28.6 Å². The fraction of sp³-hybridized carbons (Fsp3) is 0.358. The predicted molar refractivity (Wildman–Crippen MR) is 493 cm³/mol. The number of nitrogens with two attached hydrogens (primary N) is 2. The van der Waals surface area contributed by atoms with Gasteiger partial charge in [0.2, 0.25) is 0 Å². The molecule has 0 atom stereocenters. The van der Waals surface area contributed by atoms with Gasteiger partial charge in [-0.25, -0.2) is 14.4 Å². The summed E-state index contributed by atoms with van der Waals surface area (Å²) in [6.45, 7) is 23.6. The first-order valence-corrected chi connectivity index (χ1v) is 41.9. The molecule has 116 heavy (non-hydrogen) atoms. The van der Waals surface area contributed by atoms with Gasteiger partial charge in [-0.2, -0.15) is 0 Å². The van der Waals surface area contributed by atoms with Crippen molar-refractivity contribution in [1.82, 2.24) is 4.90 Å². The lowest BCUT2D eigenvalue weighted by Crippen LogP contribution is -2.50. The van der Waals surface area contributed by atoms with Gasteiger partial charge in [0.25, 0.3) is 17.1 Å². The molecule has 4 aliphatic rings. The molecule has 9 aromatic carbocycles. The number of aldehydes is 1. The van der Waals surface area contributed by atoms with Crippen LogP contribution in [0.2, 0.25) is 0 Å². The zero-order chi connectivity index (χ0) is 83.5. The number of carbonyl (C=O) groups is 7. The number of anilines is 7. The third kappa shape index (κ3) is 28.8. The number of hydrogen-bond acceptors (Lipinski definition) is 13. The van der Waals surface area contributed by atoms with Gasteiger partial charge in [-0.3, -0.25) is 25.0 Å². The van der Waals surface area contributed by atoms with Gasteiger partial charge in [0.05, 0.1) is 34.1 Å². The summed E-state index contributed by atoms with van der Waals surface area (Å²) in [5.74, 6) is -0.279. The molecule has 0 unspecified atom stereocenters. The number of piperidine rings is 1. The van der Waals surface area contributed by atoms with E-state index in [-0.39, 0.29) is 36.5 Å². The van der Waals surface area contributed by atoms with Crippen LogP contribution in [0.5, 0.6) is 0 Å². The standard InChI is InChI=1S/C28H31N3O.C26H27IN2O3.C17H20N2O2.C14H25NO2.C7H4ClIO.C2H4O.CH4/c29-25-13-10-23(21-6-2-1-3-7-21)20-26(25)30-27(32)22-8-11-24(12-9-22)31-18-16-28(17-19-31)14-4-5-15-28;1-5-29(24(30)19-11-14-21(27)15-12-19)23-17-20(18-9-7-6-8-10-18)13-16-22(23)28-25(31)32-26(2,3)4;1-17(2,3)21-16(20)19-15-10-9-13(11-14(15)18)12-7-5-4-6-8-12;1-13(2,3)17-12(16)15-11-7-10-14(15)8-5-4-6-9-14;8-7(10)5-1-3-6(9)4-2-5;1-2-3;/h1-3,6-13,20H,4-5,14-19,29H2,(H,30,32);6-17H,5H2,1-4H3,(H,28,31);4-11H,18H2,1-3H3,(H,19,20);4-11H2,1-3H3;1-4H;2H,1H3;1H4. The van der Waals surface area contributed by atoms with Crippen LogP contribution in [0, 0.1) is 12.6 Å². The molecular formula is C95H115ClI2N8O10. The van der Waals surface area contributed by atoms with Crippen LogP contribution in [-0.2, 0) is 19.0 Å². The molecule has 13 rings (SSSR count). The van der Waals surface area contributed by atoms with Crippen molar-refractivity contribution in [3.05, 3.63) is 242 Å². The Kier molecular flexibility index (Phi) is 35.4. The first-order chi connectivity index (χ1) is 54.7. The number of hydrogen-bond donors (Lipinski definition) is 5. The molecule has 2 aliphatic heterocycles. The molecule has 5 amide bonds. The monoisotopic (exact) mass is 1820 g/mol. The molecule has 2 saturated heterocycles. The summed E-state index contributed by atoms with van der Waals surface area (Å²) < 4.78 is 18.3. The summed E-state index contributed by atoms with van der Waals surface area (Å²) in [6, 6.07) is 69.4. The van der Waals surface area contributed by atoms with Crippen molar-refractivity contribution < 1.29 is 47.8 Å². The zero-order valence-electron chi connectivity index (χ0n) is 68.1. The highest BCUT2D eigenvalue weighted by Crippen LogP contribution is 2.47. The maximum atomic E-state index is 13.4. The van der Waals surface area contributed by atoms with Gasteiger partial charge < -0.3 is 50.5 Å². The van der Waals surface area contributed by atoms with Crippen molar-refractivity contribution >= 4 is 138 Å². The minimum Gasteiger partial charge on any atom is -0.444 e. The molecule has 2 heterocycles. The number of nitrogen functional groups attached to an aromatic ring is 2. The van der Waals surface area contributed by atoms with Gasteiger partial charge in [0.15, 0.2) is 0 Å².